The monoisotopic (exact) mass is 634 g/mol. The van der Waals surface area contributed by atoms with Crippen molar-refractivity contribution >= 4 is 23.5 Å². The number of carboxylic acid groups (broad SMARTS) is 2. The van der Waals surface area contributed by atoms with Gasteiger partial charge in [-0.2, -0.15) is 0 Å². The van der Waals surface area contributed by atoms with Crippen LogP contribution in [0.2, 0.25) is 0 Å². The van der Waals surface area contributed by atoms with E-state index in [1.807, 2.05) is 42.5 Å². The van der Waals surface area contributed by atoms with E-state index >= 15 is 0 Å². The second kappa shape index (κ2) is 19.7. The van der Waals surface area contributed by atoms with Gasteiger partial charge in [-0.05, 0) is 67.1 Å². The highest BCUT2D eigenvalue weighted by molar-refractivity contribution is 5.89. The first-order chi connectivity index (χ1) is 22.0. The second-order valence-corrected chi connectivity index (χ2v) is 9.49. The van der Waals surface area contributed by atoms with E-state index in [4.69, 9.17) is 29.2 Å². The van der Waals surface area contributed by atoms with Crippen molar-refractivity contribution in [3.8, 4) is 34.8 Å². The number of hydrogen-bond donors (Lipinski definition) is 5. The third kappa shape index (κ3) is 13.9. The predicted molar refractivity (Wildman–Crippen MR) is 172 cm³/mol. The molecule has 0 aliphatic rings. The summed E-state index contributed by atoms with van der Waals surface area (Å²) in [4.78, 5) is 30.3. The SMILES string of the molecule is COc1ccc(C#Cc2ccc(NC(C)=O)cc2)c(OCC(O)CNCCc2ccc(OC)c(OC)c2)c1.O=C(O)/C=C/C(=O)O. The molecule has 0 fully saturated rings. The number of rotatable bonds is 14. The van der Waals surface area contributed by atoms with Crippen LogP contribution in [0.4, 0.5) is 5.69 Å². The predicted octanol–water partition coefficient (Wildman–Crippen LogP) is 3.35. The zero-order chi connectivity index (χ0) is 33.9. The van der Waals surface area contributed by atoms with Crippen LogP contribution in [-0.2, 0) is 20.8 Å². The number of methoxy groups -OCH3 is 3. The Balaban J connectivity index is 0.000000812. The van der Waals surface area contributed by atoms with Crippen molar-refractivity contribution in [2.75, 3.05) is 46.3 Å². The molecule has 0 radical (unpaired) electrons. The summed E-state index contributed by atoms with van der Waals surface area (Å²) in [6.07, 6.45) is 1.17. The van der Waals surface area contributed by atoms with Crippen LogP contribution in [0.3, 0.4) is 0 Å². The maximum atomic E-state index is 11.2. The molecule has 1 unspecified atom stereocenters. The highest BCUT2D eigenvalue weighted by atomic mass is 16.5. The van der Waals surface area contributed by atoms with Gasteiger partial charge < -0.3 is 44.9 Å². The first-order valence-electron chi connectivity index (χ1n) is 14.0. The molecule has 3 rings (SSSR count). The molecule has 5 N–H and O–H groups in total. The first-order valence-corrected chi connectivity index (χ1v) is 14.0. The van der Waals surface area contributed by atoms with E-state index in [9.17, 15) is 19.5 Å². The summed E-state index contributed by atoms with van der Waals surface area (Å²) in [5.74, 6) is 6.12. The first kappa shape index (κ1) is 36.7. The number of hydrogen-bond acceptors (Lipinski definition) is 9. The number of ether oxygens (including phenoxy) is 4. The van der Waals surface area contributed by atoms with Crippen LogP contribution in [0.15, 0.2) is 72.8 Å². The normalized spacial score (nSPS) is 10.8. The fraction of sp³-hybridized carbons (Fsp3) is 0.265. The van der Waals surface area contributed by atoms with Gasteiger partial charge in [-0.15, -0.1) is 0 Å². The number of aliphatic carboxylic acids is 2. The van der Waals surface area contributed by atoms with Gasteiger partial charge in [0.25, 0.3) is 0 Å². The summed E-state index contributed by atoms with van der Waals surface area (Å²) < 4.78 is 21.9. The highest BCUT2D eigenvalue weighted by Gasteiger charge is 2.10. The standard InChI is InChI=1S/C30H34N2O6.C4H4O4/c1-21(33)32-25-11-6-22(7-12-25)5-9-24-10-13-27(35-2)18-29(24)38-20-26(34)19-31-16-15-23-8-14-28(36-3)30(17-23)37-4;5-3(6)1-2-4(7)8/h6-8,10-14,17-18,26,31,34H,15-16,19-20H2,1-4H3,(H,32,33);1-2H,(H,5,6)(H,7,8)/b;2-1+. The average Bonchev–Trinajstić information content (AvgIpc) is 3.04. The average molecular weight is 635 g/mol. The number of carbonyl (C=O) groups is 3. The number of carboxylic acids is 2. The lowest BCUT2D eigenvalue weighted by atomic mass is 10.1. The topological polar surface area (TPSA) is 173 Å². The zero-order valence-corrected chi connectivity index (χ0v) is 26.0. The molecule has 0 aliphatic carbocycles. The molecule has 0 aliphatic heterocycles. The lowest BCUT2D eigenvalue weighted by molar-refractivity contribution is -0.134. The molecular formula is C34H38N2O10. The summed E-state index contributed by atoms with van der Waals surface area (Å²) in [7, 11) is 4.80. The quantitative estimate of drug-likeness (QED) is 0.100. The summed E-state index contributed by atoms with van der Waals surface area (Å²) in [5.41, 5.74) is 3.28. The maximum absolute atomic E-state index is 11.2. The van der Waals surface area contributed by atoms with E-state index in [2.05, 4.69) is 22.5 Å². The van der Waals surface area contributed by atoms with Gasteiger partial charge in [0.05, 0.1) is 26.9 Å². The lowest BCUT2D eigenvalue weighted by Crippen LogP contribution is -2.32. The largest absolute Gasteiger partial charge is 0.497 e. The van der Waals surface area contributed by atoms with Gasteiger partial charge >= 0.3 is 11.9 Å². The molecule has 0 saturated carbocycles. The Morgan fingerprint density at radius 1 is 0.826 bits per heavy atom. The van der Waals surface area contributed by atoms with Crippen molar-refractivity contribution in [2.24, 2.45) is 0 Å². The Bertz CT molecular complexity index is 1530. The van der Waals surface area contributed by atoms with E-state index in [1.54, 1.807) is 39.5 Å². The third-order valence-corrected chi connectivity index (χ3v) is 5.95. The van der Waals surface area contributed by atoms with Crippen LogP contribution in [0.5, 0.6) is 23.0 Å². The van der Waals surface area contributed by atoms with Gasteiger partial charge in [0.2, 0.25) is 5.91 Å². The second-order valence-electron chi connectivity index (χ2n) is 9.49. The molecule has 1 atom stereocenters. The minimum atomic E-state index is -1.26. The van der Waals surface area contributed by atoms with Gasteiger partial charge in [0.1, 0.15) is 24.2 Å². The Hall–Kier alpha value is -5.51. The Morgan fingerprint density at radius 3 is 2.09 bits per heavy atom. The molecular weight excluding hydrogens is 596 g/mol. The van der Waals surface area contributed by atoms with Crippen molar-refractivity contribution < 1.29 is 48.7 Å². The fourth-order valence-corrected chi connectivity index (χ4v) is 3.76. The van der Waals surface area contributed by atoms with Crippen LogP contribution in [-0.4, -0.2) is 80.3 Å². The Kier molecular flexibility index (Phi) is 15.7. The molecule has 3 aromatic carbocycles. The molecule has 12 heteroatoms. The van der Waals surface area contributed by atoms with E-state index < -0.39 is 18.0 Å². The molecule has 0 saturated heterocycles. The number of aliphatic hydroxyl groups excluding tert-OH is 1. The molecule has 0 heterocycles. The van der Waals surface area contributed by atoms with Gasteiger partial charge in [0, 0.05) is 42.9 Å². The van der Waals surface area contributed by atoms with Crippen molar-refractivity contribution in [3.63, 3.8) is 0 Å². The molecule has 1 amide bonds. The molecule has 0 spiro atoms. The lowest BCUT2D eigenvalue weighted by Gasteiger charge is -2.15. The molecule has 0 aromatic heterocycles. The Morgan fingerprint density at radius 2 is 1.50 bits per heavy atom. The minimum absolute atomic E-state index is 0.0939. The summed E-state index contributed by atoms with van der Waals surface area (Å²) in [6.45, 7) is 2.62. The van der Waals surface area contributed by atoms with Gasteiger partial charge in [-0.1, -0.05) is 17.9 Å². The zero-order valence-electron chi connectivity index (χ0n) is 26.0. The summed E-state index contributed by atoms with van der Waals surface area (Å²) in [5, 5.41) is 32.1. The number of amides is 1. The smallest absolute Gasteiger partial charge is 0.328 e. The summed E-state index contributed by atoms with van der Waals surface area (Å²) >= 11 is 0. The van der Waals surface area contributed by atoms with Crippen LogP contribution < -0.4 is 29.6 Å². The number of anilines is 1. The van der Waals surface area contributed by atoms with E-state index in [0.29, 0.717) is 59.5 Å². The molecule has 46 heavy (non-hydrogen) atoms. The van der Waals surface area contributed by atoms with Gasteiger partial charge in [0.15, 0.2) is 11.5 Å². The summed E-state index contributed by atoms with van der Waals surface area (Å²) in [6, 6.07) is 18.5. The van der Waals surface area contributed by atoms with Crippen molar-refractivity contribution in [3.05, 3.63) is 89.5 Å². The number of aliphatic hydroxyl groups is 1. The van der Waals surface area contributed by atoms with Crippen molar-refractivity contribution in [1.82, 2.24) is 5.32 Å². The maximum Gasteiger partial charge on any atom is 0.328 e. The van der Waals surface area contributed by atoms with Crippen LogP contribution in [0.25, 0.3) is 0 Å². The Labute approximate surface area is 267 Å². The van der Waals surface area contributed by atoms with Gasteiger partial charge in [-0.3, -0.25) is 4.79 Å². The number of nitrogens with one attached hydrogen (secondary N) is 2. The fourth-order valence-electron chi connectivity index (χ4n) is 3.76. The third-order valence-electron chi connectivity index (χ3n) is 5.95. The highest BCUT2D eigenvalue weighted by Crippen LogP contribution is 2.27. The number of carbonyl (C=O) groups excluding carboxylic acids is 1. The van der Waals surface area contributed by atoms with Crippen LogP contribution in [0, 0.1) is 11.8 Å². The van der Waals surface area contributed by atoms with Crippen molar-refractivity contribution in [2.45, 2.75) is 19.4 Å². The minimum Gasteiger partial charge on any atom is -0.497 e. The van der Waals surface area contributed by atoms with Gasteiger partial charge in [-0.25, -0.2) is 9.59 Å². The van der Waals surface area contributed by atoms with E-state index in [-0.39, 0.29) is 12.5 Å². The molecule has 244 valence electrons. The van der Waals surface area contributed by atoms with Crippen LogP contribution >= 0.6 is 0 Å². The van der Waals surface area contributed by atoms with E-state index in [0.717, 1.165) is 17.5 Å². The molecule has 12 nitrogen and oxygen atoms in total. The van der Waals surface area contributed by atoms with E-state index in [1.165, 1.54) is 6.92 Å². The van der Waals surface area contributed by atoms with Crippen molar-refractivity contribution in [1.29, 1.82) is 0 Å². The van der Waals surface area contributed by atoms with Crippen LogP contribution in [0.1, 0.15) is 23.6 Å². The molecule has 0 bridgehead atoms. The number of benzene rings is 3. The molecule has 3 aromatic rings.